The Morgan fingerprint density at radius 3 is 2.53 bits per heavy atom. The van der Waals surface area contributed by atoms with Crippen molar-refractivity contribution in [3.8, 4) is 0 Å². The van der Waals surface area contributed by atoms with Crippen LogP contribution in [0.15, 0.2) is 32.9 Å². The van der Waals surface area contributed by atoms with Gasteiger partial charge in [-0.25, -0.2) is 13.8 Å². The van der Waals surface area contributed by atoms with Crippen LogP contribution in [0.2, 0.25) is 0 Å². The predicted molar refractivity (Wildman–Crippen MR) is 65.4 cm³/mol. The highest BCUT2D eigenvalue weighted by Gasteiger charge is 2.13. The summed E-state index contributed by atoms with van der Waals surface area (Å²) in [7, 11) is 0. The smallest absolute Gasteiger partial charge is 0.154 e. The lowest BCUT2D eigenvalue weighted by atomic mass is 10.1. The molecule has 0 fully saturated rings. The van der Waals surface area contributed by atoms with Crippen LogP contribution in [0.5, 0.6) is 0 Å². The summed E-state index contributed by atoms with van der Waals surface area (Å²) >= 11 is 2.35. The quantitative estimate of drug-likeness (QED) is 0.929. The number of nitrogens with zero attached hydrogens (tertiary/aromatic N) is 1. The molecule has 0 aliphatic carbocycles. The third kappa shape index (κ3) is 3.02. The van der Waals surface area contributed by atoms with E-state index in [4.69, 9.17) is 5.73 Å². The van der Waals surface area contributed by atoms with Crippen molar-refractivity contribution in [1.29, 1.82) is 0 Å². The van der Waals surface area contributed by atoms with Crippen LogP contribution in [0, 0.1) is 11.6 Å². The summed E-state index contributed by atoms with van der Waals surface area (Å²) in [5.41, 5.74) is 5.92. The Morgan fingerprint density at radius 2 is 2.00 bits per heavy atom. The molecular weight excluding hydrogens is 262 g/mol. The number of hydrogen-bond acceptors (Lipinski definition) is 4. The highest BCUT2D eigenvalue weighted by molar-refractivity contribution is 8.01. The topological polar surface area (TPSA) is 38.9 Å². The summed E-state index contributed by atoms with van der Waals surface area (Å²) < 4.78 is 28.0. The summed E-state index contributed by atoms with van der Waals surface area (Å²) in [6.45, 7) is 0.373. The van der Waals surface area contributed by atoms with Crippen molar-refractivity contribution in [3.05, 3.63) is 40.9 Å². The van der Waals surface area contributed by atoms with Crippen molar-refractivity contribution in [2.75, 3.05) is 6.54 Å². The maximum atomic E-state index is 13.7. The zero-order chi connectivity index (χ0) is 12.3. The van der Waals surface area contributed by atoms with E-state index < -0.39 is 11.6 Å². The molecule has 0 unspecified atom stereocenters. The molecule has 0 bridgehead atoms. The Kier molecular flexibility index (Phi) is 4.09. The fraction of sp³-hybridized carbons (Fsp3) is 0.182. The van der Waals surface area contributed by atoms with Crippen LogP contribution in [0.4, 0.5) is 8.78 Å². The molecule has 2 rings (SSSR count). The van der Waals surface area contributed by atoms with E-state index in [9.17, 15) is 8.78 Å². The zero-order valence-electron chi connectivity index (χ0n) is 8.82. The van der Waals surface area contributed by atoms with Crippen LogP contribution in [0.3, 0.4) is 0 Å². The van der Waals surface area contributed by atoms with E-state index in [2.05, 4.69) is 4.98 Å². The molecule has 0 aliphatic heterocycles. The van der Waals surface area contributed by atoms with Crippen LogP contribution >= 0.6 is 23.1 Å². The van der Waals surface area contributed by atoms with Crippen molar-refractivity contribution >= 4 is 23.1 Å². The second-order valence-corrected chi connectivity index (χ2v) is 5.48. The second kappa shape index (κ2) is 5.57. The average molecular weight is 272 g/mol. The summed E-state index contributed by atoms with van der Waals surface area (Å²) in [5, 5.41) is 1.76. The molecule has 1 aromatic heterocycles. The zero-order valence-corrected chi connectivity index (χ0v) is 10.5. The van der Waals surface area contributed by atoms with Gasteiger partial charge in [-0.2, -0.15) is 0 Å². The molecule has 2 aromatic rings. The summed E-state index contributed by atoms with van der Waals surface area (Å²) in [6.07, 6.45) is 2.07. The van der Waals surface area contributed by atoms with Crippen molar-refractivity contribution in [3.63, 3.8) is 0 Å². The first-order valence-electron chi connectivity index (χ1n) is 4.96. The molecule has 6 heteroatoms. The molecule has 0 aliphatic rings. The van der Waals surface area contributed by atoms with Crippen molar-refractivity contribution < 1.29 is 8.78 Å². The van der Waals surface area contributed by atoms with Gasteiger partial charge in [0.05, 0.1) is 4.90 Å². The lowest BCUT2D eigenvalue weighted by Crippen LogP contribution is -2.04. The van der Waals surface area contributed by atoms with E-state index in [1.54, 1.807) is 11.6 Å². The minimum atomic E-state index is -0.561. The number of nitrogens with two attached hydrogens (primary N) is 1. The molecule has 1 aromatic carbocycles. The first-order chi connectivity index (χ1) is 8.20. The average Bonchev–Trinajstić information content (AvgIpc) is 2.76. The Labute approximate surface area is 106 Å². The Morgan fingerprint density at radius 1 is 1.29 bits per heavy atom. The summed E-state index contributed by atoms with van der Waals surface area (Å²) in [5.74, 6) is -1.12. The number of thiazole rings is 1. The monoisotopic (exact) mass is 272 g/mol. The van der Waals surface area contributed by atoms with Gasteiger partial charge in [-0.05, 0) is 30.7 Å². The van der Waals surface area contributed by atoms with Gasteiger partial charge in [0.15, 0.2) is 4.34 Å². The molecule has 1 heterocycles. The molecule has 2 N–H and O–H groups in total. The maximum absolute atomic E-state index is 13.7. The van der Waals surface area contributed by atoms with E-state index in [0.29, 0.717) is 22.9 Å². The number of hydrogen-bond donors (Lipinski definition) is 1. The maximum Gasteiger partial charge on any atom is 0.154 e. The Balaban J connectivity index is 2.28. The van der Waals surface area contributed by atoms with Gasteiger partial charge >= 0.3 is 0 Å². The van der Waals surface area contributed by atoms with Gasteiger partial charge in [-0.15, -0.1) is 11.3 Å². The lowest BCUT2D eigenvalue weighted by Gasteiger charge is -2.05. The minimum absolute atomic E-state index is 0.0132. The normalized spacial score (nSPS) is 10.8. The predicted octanol–water partition coefficient (Wildman–Crippen LogP) is 3.07. The van der Waals surface area contributed by atoms with Gasteiger partial charge in [0.1, 0.15) is 11.6 Å². The minimum Gasteiger partial charge on any atom is -0.330 e. The number of benzene rings is 1. The van der Waals surface area contributed by atoms with Gasteiger partial charge < -0.3 is 5.73 Å². The molecule has 17 heavy (non-hydrogen) atoms. The van der Waals surface area contributed by atoms with E-state index >= 15 is 0 Å². The molecule has 0 saturated heterocycles. The largest absolute Gasteiger partial charge is 0.330 e. The highest BCUT2D eigenvalue weighted by Crippen LogP contribution is 2.33. The molecule has 0 saturated carbocycles. The van der Waals surface area contributed by atoms with Crippen LogP contribution in [0.1, 0.15) is 5.56 Å². The summed E-state index contributed by atoms with van der Waals surface area (Å²) in [4.78, 5) is 3.97. The molecule has 0 radical (unpaired) electrons. The number of rotatable bonds is 4. The first-order valence-corrected chi connectivity index (χ1v) is 6.65. The number of halogens is 2. The number of aromatic nitrogens is 1. The summed E-state index contributed by atoms with van der Waals surface area (Å²) in [6, 6.07) is 2.65. The Hall–Kier alpha value is -0.980. The Bertz CT molecular complexity index is 477. The molecular formula is C11H10F2N2S2. The van der Waals surface area contributed by atoms with Gasteiger partial charge in [0, 0.05) is 11.6 Å². The lowest BCUT2D eigenvalue weighted by molar-refractivity contribution is 0.537. The molecule has 0 amide bonds. The third-order valence-corrected chi connectivity index (χ3v) is 4.07. The molecule has 90 valence electrons. The van der Waals surface area contributed by atoms with Gasteiger partial charge in [0.2, 0.25) is 0 Å². The van der Waals surface area contributed by atoms with Crippen molar-refractivity contribution in [1.82, 2.24) is 4.98 Å². The second-order valence-electron chi connectivity index (χ2n) is 3.33. The van der Waals surface area contributed by atoms with Crippen LogP contribution in [-0.2, 0) is 6.42 Å². The first kappa shape index (κ1) is 12.5. The fourth-order valence-electron chi connectivity index (χ4n) is 1.37. The molecule has 0 spiro atoms. The highest BCUT2D eigenvalue weighted by atomic mass is 32.2. The SMILES string of the molecule is NCCc1cc(F)c(Sc2nccs2)c(F)c1. The van der Waals surface area contributed by atoms with Crippen LogP contribution in [-0.4, -0.2) is 11.5 Å². The standard InChI is InChI=1S/C11H10F2N2S2/c12-8-5-7(1-2-14)6-9(13)10(8)17-11-15-3-4-16-11/h3-6H,1-2,14H2. The van der Waals surface area contributed by atoms with Crippen LogP contribution < -0.4 is 5.73 Å². The van der Waals surface area contributed by atoms with Gasteiger partial charge in [0.25, 0.3) is 0 Å². The molecule has 0 atom stereocenters. The fourth-order valence-corrected chi connectivity index (χ4v) is 2.94. The van der Waals surface area contributed by atoms with E-state index in [-0.39, 0.29) is 4.90 Å². The van der Waals surface area contributed by atoms with Crippen molar-refractivity contribution in [2.45, 2.75) is 15.7 Å². The van der Waals surface area contributed by atoms with Crippen LogP contribution in [0.25, 0.3) is 0 Å². The molecule has 2 nitrogen and oxygen atoms in total. The van der Waals surface area contributed by atoms with Crippen molar-refractivity contribution in [2.24, 2.45) is 5.73 Å². The van der Waals surface area contributed by atoms with E-state index in [0.717, 1.165) is 11.8 Å². The third-order valence-electron chi connectivity index (χ3n) is 2.09. The van der Waals surface area contributed by atoms with E-state index in [1.807, 2.05) is 0 Å². The van der Waals surface area contributed by atoms with Gasteiger partial charge in [-0.3, -0.25) is 0 Å². The van der Waals surface area contributed by atoms with E-state index in [1.165, 1.54) is 23.5 Å². The van der Waals surface area contributed by atoms with Gasteiger partial charge in [-0.1, -0.05) is 11.8 Å².